The molecule has 0 fully saturated rings. The van der Waals surface area contributed by atoms with Crippen LogP contribution in [0.3, 0.4) is 0 Å². The van der Waals surface area contributed by atoms with Crippen LogP contribution in [-0.4, -0.2) is 11.5 Å². The first kappa shape index (κ1) is 15.4. The van der Waals surface area contributed by atoms with E-state index in [0.717, 1.165) is 16.3 Å². The Morgan fingerprint density at radius 2 is 1.57 bits per heavy atom. The molecule has 0 saturated heterocycles. The maximum absolute atomic E-state index is 12.5. The Kier molecular flexibility index (Phi) is 3.96. The summed E-state index contributed by atoms with van der Waals surface area (Å²) < 4.78 is 41.7. The zero-order valence-electron chi connectivity index (χ0n) is 12.0. The molecule has 3 aromatic rings. The Bertz CT molecular complexity index is 841. The largest absolute Gasteiger partial charge is 0.573 e. The lowest BCUT2D eigenvalue weighted by molar-refractivity contribution is -0.274. The quantitative estimate of drug-likeness (QED) is 0.744. The molecule has 0 aliphatic heterocycles. The Morgan fingerprint density at radius 1 is 0.870 bits per heavy atom. The van der Waals surface area contributed by atoms with Crippen molar-refractivity contribution >= 4 is 10.8 Å². The second-order valence-corrected chi connectivity index (χ2v) is 5.10. The maximum Gasteiger partial charge on any atom is 0.573 e. The van der Waals surface area contributed by atoms with Crippen LogP contribution in [0, 0.1) is 0 Å². The fraction of sp³-hybridized carbons (Fsp3) is 0.111. The molecule has 0 aromatic heterocycles. The van der Waals surface area contributed by atoms with Crippen LogP contribution < -0.4 is 4.74 Å². The van der Waals surface area contributed by atoms with E-state index in [2.05, 4.69) is 4.74 Å². The van der Waals surface area contributed by atoms with Gasteiger partial charge >= 0.3 is 6.36 Å². The highest BCUT2D eigenvalue weighted by molar-refractivity contribution is 5.88. The van der Waals surface area contributed by atoms with Gasteiger partial charge in [-0.05, 0) is 40.1 Å². The zero-order valence-corrected chi connectivity index (χ0v) is 12.0. The Morgan fingerprint density at radius 3 is 2.30 bits per heavy atom. The van der Waals surface area contributed by atoms with E-state index >= 15 is 0 Å². The Labute approximate surface area is 130 Å². The van der Waals surface area contributed by atoms with Gasteiger partial charge in [0.1, 0.15) is 5.75 Å². The predicted octanol–water partition coefficient (Wildman–Crippen LogP) is 4.90. The lowest BCUT2D eigenvalue weighted by Gasteiger charge is -2.13. The van der Waals surface area contributed by atoms with E-state index in [4.69, 9.17) is 5.11 Å². The first-order valence-corrected chi connectivity index (χ1v) is 6.95. The summed E-state index contributed by atoms with van der Waals surface area (Å²) in [5.74, 6) is -0.230. The normalized spacial score (nSPS) is 11.7. The van der Waals surface area contributed by atoms with Gasteiger partial charge < -0.3 is 9.84 Å². The van der Waals surface area contributed by atoms with Crippen LogP contribution >= 0.6 is 0 Å². The molecule has 118 valence electrons. The number of hydrogen-bond acceptors (Lipinski definition) is 2. The van der Waals surface area contributed by atoms with Gasteiger partial charge in [0.05, 0.1) is 6.61 Å². The Hall–Kier alpha value is -2.53. The van der Waals surface area contributed by atoms with Crippen molar-refractivity contribution in [2.75, 3.05) is 0 Å². The van der Waals surface area contributed by atoms with Crippen molar-refractivity contribution in [2.24, 2.45) is 0 Å². The molecule has 0 bridgehead atoms. The molecule has 0 unspecified atom stereocenters. The van der Waals surface area contributed by atoms with Crippen LogP contribution in [0.1, 0.15) is 5.56 Å². The molecular formula is C18H13F3O2. The van der Waals surface area contributed by atoms with Crippen molar-refractivity contribution in [3.63, 3.8) is 0 Å². The fourth-order valence-corrected chi connectivity index (χ4v) is 2.48. The van der Waals surface area contributed by atoms with E-state index in [1.54, 1.807) is 30.3 Å². The monoisotopic (exact) mass is 318 g/mol. The highest BCUT2D eigenvalue weighted by Gasteiger charge is 2.32. The van der Waals surface area contributed by atoms with Crippen LogP contribution in [0.2, 0.25) is 0 Å². The minimum Gasteiger partial charge on any atom is -0.405 e. The van der Waals surface area contributed by atoms with Crippen molar-refractivity contribution in [3.8, 4) is 16.9 Å². The number of alkyl halides is 3. The second-order valence-electron chi connectivity index (χ2n) is 5.10. The number of ether oxygens (including phenoxy) is 1. The molecule has 0 radical (unpaired) electrons. The number of rotatable bonds is 3. The number of hydrogen-bond donors (Lipinski definition) is 1. The van der Waals surface area contributed by atoms with Crippen molar-refractivity contribution in [2.45, 2.75) is 13.0 Å². The third kappa shape index (κ3) is 3.46. The average molecular weight is 318 g/mol. The van der Waals surface area contributed by atoms with Gasteiger partial charge in [-0.25, -0.2) is 0 Å². The summed E-state index contributed by atoms with van der Waals surface area (Å²) in [7, 11) is 0. The summed E-state index contributed by atoms with van der Waals surface area (Å²) in [5.41, 5.74) is 1.79. The van der Waals surface area contributed by atoms with E-state index in [1.165, 1.54) is 12.1 Å². The summed E-state index contributed by atoms with van der Waals surface area (Å²) in [6, 6.07) is 16.9. The minimum absolute atomic E-state index is 0.0556. The molecule has 0 saturated carbocycles. The van der Waals surface area contributed by atoms with Crippen molar-refractivity contribution < 1.29 is 23.0 Å². The summed E-state index contributed by atoms with van der Waals surface area (Å²) in [6.45, 7) is -0.0556. The van der Waals surface area contributed by atoms with Gasteiger partial charge in [0.2, 0.25) is 0 Å². The van der Waals surface area contributed by atoms with Crippen LogP contribution in [0.4, 0.5) is 13.2 Å². The van der Waals surface area contributed by atoms with Crippen LogP contribution in [0.25, 0.3) is 21.9 Å². The molecule has 1 N–H and O–H groups in total. The van der Waals surface area contributed by atoms with Gasteiger partial charge in [0.15, 0.2) is 0 Å². The predicted molar refractivity (Wildman–Crippen MR) is 82.0 cm³/mol. The molecule has 3 rings (SSSR count). The summed E-state index contributed by atoms with van der Waals surface area (Å²) in [6.07, 6.45) is -4.73. The molecule has 0 aliphatic carbocycles. The van der Waals surface area contributed by atoms with Gasteiger partial charge in [-0.15, -0.1) is 13.2 Å². The summed E-state index contributed by atoms with van der Waals surface area (Å²) in [4.78, 5) is 0. The van der Waals surface area contributed by atoms with Gasteiger partial charge in [-0.3, -0.25) is 0 Å². The molecular weight excluding hydrogens is 305 g/mol. The number of para-hydroxylation sites is 1. The SMILES string of the molecule is OCc1ccc2cc(-c3ccccc3OC(F)(F)F)ccc2c1. The van der Waals surface area contributed by atoms with Crippen molar-refractivity contribution in [3.05, 3.63) is 66.2 Å². The molecule has 0 spiro atoms. The van der Waals surface area contributed by atoms with Gasteiger partial charge in [-0.2, -0.15) is 0 Å². The number of aliphatic hydroxyl groups is 1. The maximum atomic E-state index is 12.5. The van der Waals surface area contributed by atoms with Crippen molar-refractivity contribution in [1.82, 2.24) is 0 Å². The third-order valence-electron chi connectivity index (χ3n) is 3.51. The van der Waals surface area contributed by atoms with E-state index in [0.29, 0.717) is 11.1 Å². The van der Waals surface area contributed by atoms with Crippen LogP contribution in [0.15, 0.2) is 60.7 Å². The first-order chi connectivity index (χ1) is 11.0. The van der Waals surface area contributed by atoms with Gasteiger partial charge in [0.25, 0.3) is 0 Å². The zero-order chi connectivity index (χ0) is 16.4. The molecule has 0 aliphatic rings. The lowest BCUT2D eigenvalue weighted by Crippen LogP contribution is -2.17. The molecule has 23 heavy (non-hydrogen) atoms. The smallest absolute Gasteiger partial charge is 0.405 e. The number of fused-ring (bicyclic) bond motifs is 1. The average Bonchev–Trinajstić information content (AvgIpc) is 2.53. The van der Waals surface area contributed by atoms with Crippen molar-refractivity contribution in [1.29, 1.82) is 0 Å². The third-order valence-corrected chi connectivity index (χ3v) is 3.51. The standard InChI is InChI=1S/C18H13F3O2/c19-18(20,21)23-17-4-2-1-3-16(17)15-8-7-13-9-12(11-22)5-6-14(13)10-15/h1-10,22H,11H2. The molecule has 0 amide bonds. The highest BCUT2D eigenvalue weighted by atomic mass is 19.4. The van der Waals surface area contributed by atoms with E-state index in [1.807, 2.05) is 18.2 Å². The molecule has 5 heteroatoms. The van der Waals surface area contributed by atoms with E-state index in [-0.39, 0.29) is 12.4 Å². The van der Waals surface area contributed by atoms with Crippen LogP contribution in [-0.2, 0) is 6.61 Å². The summed E-state index contributed by atoms with van der Waals surface area (Å²) in [5, 5.41) is 10.9. The fourth-order valence-electron chi connectivity index (χ4n) is 2.48. The lowest BCUT2D eigenvalue weighted by atomic mass is 9.99. The molecule has 3 aromatic carbocycles. The van der Waals surface area contributed by atoms with Gasteiger partial charge in [-0.1, -0.05) is 42.5 Å². The molecule has 0 atom stereocenters. The number of benzene rings is 3. The highest BCUT2D eigenvalue weighted by Crippen LogP contribution is 2.35. The minimum atomic E-state index is -4.73. The molecule has 2 nitrogen and oxygen atoms in total. The number of aliphatic hydroxyl groups excluding tert-OH is 1. The topological polar surface area (TPSA) is 29.5 Å². The first-order valence-electron chi connectivity index (χ1n) is 6.95. The number of halogens is 3. The van der Waals surface area contributed by atoms with Gasteiger partial charge in [0, 0.05) is 5.56 Å². The van der Waals surface area contributed by atoms with E-state index in [9.17, 15) is 13.2 Å². The second kappa shape index (κ2) is 5.93. The van der Waals surface area contributed by atoms with E-state index < -0.39 is 6.36 Å². The van der Waals surface area contributed by atoms with Crippen LogP contribution in [0.5, 0.6) is 5.75 Å². The Balaban J connectivity index is 2.07. The molecule has 0 heterocycles. The summed E-state index contributed by atoms with van der Waals surface area (Å²) >= 11 is 0.